The predicted octanol–water partition coefficient (Wildman–Crippen LogP) is 1.88. The number of aliphatic hydroxyl groups is 1. The maximum atomic E-state index is 12.2. The second-order valence-electron chi connectivity index (χ2n) is 5.23. The maximum absolute atomic E-state index is 12.2. The number of hydrogen-bond donors (Lipinski definition) is 2. The Kier molecular flexibility index (Phi) is 5.57. The Labute approximate surface area is 124 Å². The molecule has 2 N–H and O–H groups in total. The molecule has 0 aromatic carbocycles. The molecule has 1 heterocycles. The molecule has 1 atom stereocenters. The zero-order valence-electron chi connectivity index (χ0n) is 11.7. The van der Waals surface area contributed by atoms with Gasteiger partial charge < -0.3 is 5.11 Å². The maximum Gasteiger partial charge on any atom is 0.279 e. The summed E-state index contributed by atoms with van der Waals surface area (Å²) in [4.78, 5) is 0. The molecule has 0 amide bonds. The van der Waals surface area contributed by atoms with Crippen LogP contribution in [0, 0.1) is 0 Å². The van der Waals surface area contributed by atoms with Gasteiger partial charge in [-0.05, 0) is 35.2 Å². The van der Waals surface area contributed by atoms with Crippen molar-refractivity contribution >= 4 is 21.5 Å². The van der Waals surface area contributed by atoms with E-state index in [1.165, 1.54) is 22.1 Å². The quantitative estimate of drug-likeness (QED) is 0.841. The number of rotatable bonds is 6. The first-order chi connectivity index (χ1) is 9.50. The Morgan fingerprint density at radius 1 is 1.45 bits per heavy atom. The third-order valence-corrected chi connectivity index (χ3v) is 6.14. The molecule has 114 valence electrons. The van der Waals surface area contributed by atoms with Crippen molar-refractivity contribution in [2.75, 3.05) is 13.6 Å². The van der Waals surface area contributed by atoms with Crippen LogP contribution in [0.15, 0.2) is 16.8 Å². The second kappa shape index (κ2) is 7.00. The van der Waals surface area contributed by atoms with Crippen LogP contribution in [0.4, 0.5) is 0 Å². The summed E-state index contributed by atoms with van der Waals surface area (Å²) in [5, 5.41) is 13.6. The van der Waals surface area contributed by atoms with E-state index in [0.29, 0.717) is 0 Å². The van der Waals surface area contributed by atoms with E-state index in [2.05, 4.69) is 4.72 Å². The minimum absolute atomic E-state index is 0.0100. The van der Waals surface area contributed by atoms with Gasteiger partial charge in [-0.25, -0.2) is 0 Å². The van der Waals surface area contributed by atoms with Crippen LogP contribution in [0.5, 0.6) is 0 Å². The van der Waals surface area contributed by atoms with Crippen LogP contribution in [-0.2, 0) is 10.2 Å². The summed E-state index contributed by atoms with van der Waals surface area (Å²) in [5.74, 6) is 0. The van der Waals surface area contributed by atoms with E-state index >= 15 is 0 Å². The third kappa shape index (κ3) is 4.02. The van der Waals surface area contributed by atoms with Gasteiger partial charge in [-0.3, -0.25) is 0 Å². The molecule has 0 saturated heterocycles. The van der Waals surface area contributed by atoms with Crippen LogP contribution >= 0.6 is 11.3 Å². The van der Waals surface area contributed by atoms with Crippen molar-refractivity contribution < 1.29 is 13.5 Å². The second-order valence-corrected chi connectivity index (χ2v) is 7.83. The van der Waals surface area contributed by atoms with Gasteiger partial charge in [0.2, 0.25) is 0 Å². The summed E-state index contributed by atoms with van der Waals surface area (Å²) >= 11 is 1.48. The van der Waals surface area contributed by atoms with Crippen molar-refractivity contribution in [2.45, 2.75) is 44.2 Å². The van der Waals surface area contributed by atoms with Crippen molar-refractivity contribution in [3.63, 3.8) is 0 Å². The SMILES string of the molecule is CN(C1CCCCC1)S(=O)(=O)NCC(O)c1ccsc1. The molecule has 1 aliphatic rings. The van der Waals surface area contributed by atoms with Crippen LogP contribution in [0.3, 0.4) is 0 Å². The van der Waals surface area contributed by atoms with Crippen LogP contribution in [-0.4, -0.2) is 37.5 Å². The van der Waals surface area contributed by atoms with Gasteiger partial charge >= 0.3 is 0 Å². The highest BCUT2D eigenvalue weighted by atomic mass is 32.2. The largest absolute Gasteiger partial charge is 0.387 e. The van der Waals surface area contributed by atoms with Crippen LogP contribution < -0.4 is 4.72 Å². The summed E-state index contributed by atoms with van der Waals surface area (Å²) in [5.41, 5.74) is 0.748. The third-order valence-electron chi connectivity index (χ3n) is 3.86. The molecule has 1 aliphatic carbocycles. The van der Waals surface area contributed by atoms with E-state index in [9.17, 15) is 13.5 Å². The van der Waals surface area contributed by atoms with Crippen LogP contribution in [0.25, 0.3) is 0 Å². The van der Waals surface area contributed by atoms with Gasteiger partial charge in [-0.15, -0.1) is 0 Å². The molecule has 5 nitrogen and oxygen atoms in total. The molecule has 1 saturated carbocycles. The molecule has 1 unspecified atom stereocenters. The molecule has 1 aromatic heterocycles. The highest BCUT2D eigenvalue weighted by molar-refractivity contribution is 7.87. The number of hydrogen-bond acceptors (Lipinski definition) is 4. The highest BCUT2D eigenvalue weighted by Gasteiger charge is 2.27. The number of nitrogens with one attached hydrogen (secondary N) is 1. The zero-order chi connectivity index (χ0) is 14.6. The first-order valence-corrected chi connectivity index (χ1v) is 9.32. The fourth-order valence-corrected chi connectivity index (χ4v) is 4.39. The molecule has 1 aromatic rings. The minimum Gasteiger partial charge on any atom is -0.387 e. The van der Waals surface area contributed by atoms with E-state index in [-0.39, 0.29) is 12.6 Å². The Morgan fingerprint density at radius 3 is 2.75 bits per heavy atom. The summed E-state index contributed by atoms with van der Waals surface area (Å²) in [6, 6.07) is 1.88. The van der Waals surface area contributed by atoms with Gasteiger partial charge in [0, 0.05) is 19.6 Å². The fraction of sp³-hybridized carbons (Fsp3) is 0.692. The lowest BCUT2D eigenvalue weighted by atomic mass is 9.96. The van der Waals surface area contributed by atoms with Gasteiger partial charge in [-0.2, -0.15) is 28.8 Å². The summed E-state index contributed by atoms with van der Waals surface area (Å²) in [6.07, 6.45) is 4.41. The Bertz CT molecular complexity index is 496. The number of aliphatic hydroxyl groups excluding tert-OH is 1. The molecule has 0 radical (unpaired) electrons. The smallest absolute Gasteiger partial charge is 0.279 e. The number of thiophene rings is 1. The molecule has 7 heteroatoms. The Balaban J connectivity index is 1.89. The summed E-state index contributed by atoms with van der Waals surface area (Å²) < 4.78 is 28.3. The predicted molar refractivity (Wildman–Crippen MR) is 80.8 cm³/mol. The highest BCUT2D eigenvalue weighted by Crippen LogP contribution is 2.23. The molecule has 0 spiro atoms. The van der Waals surface area contributed by atoms with Crippen molar-refractivity contribution in [1.29, 1.82) is 0 Å². The Hall–Kier alpha value is -0.470. The van der Waals surface area contributed by atoms with Gasteiger partial charge in [0.15, 0.2) is 0 Å². The number of nitrogens with zero attached hydrogens (tertiary/aromatic N) is 1. The van der Waals surface area contributed by atoms with E-state index < -0.39 is 16.3 Å². The molecular weight excluding hydrogens is 296 g/mol. The molecule has 0 aliphatic heterocycles. The van der Waals surface area contributed by atoms with Crippen molar-refractivity contribution in [2.24, 2.45) is 0 Å². The summed E-state index contributed by atoms with van der Waals surface area (Å²) in [7, 11) is -1.90. The first kappa shape index (κ1) is 15.9. The molecule has 2 rings (SSSR count). The van der Waals surface area contributed by atoms with E-state index in [1.54, 1.807) is 13.1 Å². The molecule has 0 bridgehead atoms. The normalized spacial score (nSPS) is 19.4. The zero-order valence-corrected chi connectivity index (χ0v) is 13.3. The van der Waals surface area contributed by atoms with Crippen molar-refractivity contribution in [3.8, 4) is 0 Å². The van der Waals surface area contributed by atoms with Gasteiger partial charge in [-0.1, -0.05) is 19.3 Å². The minimum atomic E-state index is -3.52. The average Bonchev–Trinajstić information content (AvgIpc) is 2.99. The van der Waals surface area contributed by atoms with Crippen LogP contribution in [0.2, 0.25) is 0 Å². The Morgan fingerprint density at radius 2 is 2.15 bits per heavy atom. The van der Waals surface area contributed by atoms with Crippen LogP contribution in [0.1, 0.15) is 43.8 Å². The fourth-order valence-electron chi connectivity index (χ4n) is 2.51. The van der Waals surface area contributed by atoms with Crippen molar-refractivity contribution in [1.82, 2.24) is 9.03 Å². The van der Waals surface area contributed by atoms with Gasteiger partial charge in [0.05, 0.1) is 6.10 Å². The topological polar surface area (TPSA) is 69.6 Å². The van der Waals surface area contributed by atoms with E-state index in [4.69, 9.17) is 0 Å². The first-order valence-electron chi connectivity index (χ1n) is 6.93. The van der Waals surface area contributed by atoms with Gasteiger partial charge in [0.25, 0.3) is 10.2 Å². The van der Waals surface area contributed by atoms with Gasteiger partial charge in [0.1, 0.15) is 0 Å². The van der Waals surface area contributed by atoms with E-state index in [0.717, 1.165) is 31.2 Å². The molecule has 20 heavy (non-hydrogen) atoms. The molecular formula is C13H22N2O3S2. The molecule has 1 fully saturated rings. The average molecular weight is 318 g/mol. The standard InChI is InChI=1S/C13H22N2O3S2/c1-15(12-5-3-2-4-6-12)20(17,18)14-9-13(16)11-7-8-19-10-11/h7-8,10,12-14,16H,2-6,9H2,1H3. The lowest BCUT2D eigenvalue weighted by Crippen LogP contribution is -2.45. The lowest BCUT2D eigenvalue weighted by Gasteiger charge is -2.30. The monoisotopic (exact) mass is 318 g/mol. The van der Waals surface area contributed by atoms with Crippen molar-refractivity contribution in [3.05, 3.63) is 22.4 Å². The summed E-state index contributed by atoms with van der Waals surface area (Å²) in [6.45, 7) is 0.0100. The lowest BCUT2D eigenvalue weighted by molar-refractivity contribution is 0.181. The van der Waals surface area contributed by atoms with E-state index in [1.807, 2.05) is 10.8 Å².